The molecule has 9 aliphatic heterocycles. The van der Waals surface area contributed by atoms with Crippen molar-refractivity contribution in [2.75, 3.05) is 118 Å². The second kappa shape index (κ2) is 38.1. The van der Waals surface area contributed by atoms with Crippen molar-refractivity contribution in [3.8, 4) is 46.0 Å². The lowest BCUT2D eigenvalue weighted by atomic mass is 9.91. The molecule has 5 fully saturated rings. The number of aliphatic hydroxyl groups excluding tert-OH is 2. The fourth-order valence-corrected chi connectivity index (χ4v) is 18.2. The summed E-state index contributed by atoms with van der Waals surface area (Å²) in [4.78, 5) is 92.5. The molecule has 0 saturated carbocycles. The van der Waals surface area contributed by atoms with Gasteiger partial charge in [-0.3, -0.25) is 55.3 Å². The first-order valence-electron chi connectivity index (χ1n) is 42.5. The molecule has 10 aliphatic rings. The molecule has 31 nitrogen and oxygen atoms in total. The van der Waals surface area contributed by atoms with E-state index < -0.39 is 36.0 Å². The Labute approximate surface area is 750 Å². The van der Waals surface area contributed by atoms with E-state index in [1.165, 1.54) is 19.1 Å². The van der Waals surface area contributed by atoms with Crippen LogP contribution in [0.4, 0.5) is 45.5 Å². The number of aromatic nitrogens is 2. The van der Waals surface area contributed by atoms with Crippen molar-refractivity contribution in [3.63, 3.8) is 0 Å². The number of allylic oxidation sites excluding steroid dienone is 6. The summed E-state index contributed by atoms with van der Waals surface area (Å²) in [6, 6.07) is 50.1. The molecule has 666 valence electrons. The predicted molar refractivity (Wildman–Crippen MR) is 494 cm³/mol. The number of carbonyl (C=O) groups is 6. The van der Waals surface area contributed by atoms with Crippen LogP contribution in [0.15, 0.2) is 258 Å². The molecule has 2 amide bonds. The lowest BCUT2D eigenvalue weighted by molar-refractivity contribution is -0.140. The van der Waals surface area contributed by atoms with Gasteiger partial charge in [-0.1, -0.05) is 97.1 Å². The van der Waals surface area contributed by atoms with Gasteiger partial charge in [0.05, 0.1) is 120 Å². The van der Waals surface area contributed by atoms with Crippen LogP contribution in [0.1, 0.15) is 47.9 Å². The van der Waals surface area contributed by atoms with Gasteiger partial charge in [0.1, 0.15) is 93.5 Å². The van der Waals surface area contributed by atoms with Gasteiger partial charge in [-0.15, -0.1) is 0 Å². The van der Waals surface area contributed by atoms with Crippen LogP contribution in [0.5, 0.6) is 46.0 Å². The van der Waals surface area contributed by atoms with Crippen molar-refractivity contribution in [2.45, 2.75) is 82.1 Å². The van der Waals surface area contributed by atoms with Gasteiger partial charge in [0, 0.05) is 183 Å². The van der Waals surface area contributed by atoms with Crippen LogP contribution >= 0.6 is 0 Å². The summed E-state index contributed by atoms with van der Waals surface area (Å²) in [6.07, 6.45) is 15.8. The van der Waals surface area contributed by atoms with E-state index in [-0.39, 0.29) is 97.3 Å². The van der Waals surface area contributed by atoms with Gasteiger partial charge in [0.15, 0.2) is 23.1 Å². The van der Waals surface area contributed by atoms with Crippen LogP contribution < -0.4 is 78.8 Å². The molecule has 10 heterocycles. The van der Waals surface area contributed by atoms with E-state index in [0.29, 0.717) is 135 Å². The van der Waals surface area contributed by atoms with Gasteiger partial charge in [-0.25, -0.2) is 4.98 Å². The number of nitrogens with one attached hydrogen (secondary N) is 8. The zero-order valence-electron chi connectivity index (χ0n) is 72.9. The van der Waals surface area contributed by atoms with Crippen molar-refractivity contribution in [2.24, 2.45) is 11.8 Å². The maximum absolute atomic E-state index is 14.0. The minimum atomic E-state index is -0.795. The molecule has 4 unspecified atom stereocenters. The number of aryl methyl sites for hydroxylation is 1. The Hall–Kier alpha value is -15.4. The Bertz CT molecular complexity index is 5880. The van der Waals surface area contributed by atoms with E-state index in [0.717, 1.165) is 62.1 Å². The minimum absolute atomic E-state index is 0.0502. The van der Waals surface area contributed by atoms with Gasteiger partial charge in [0.25, 0.3) is 0 Å². The van der Waals surface area contributed by atoms with Gasteiger partial charge >= 0.3 is 0 Å². The second-order valence-electron chi connectivity index (χ2n) is 32.0. The highest BCUT2D eigenvalue weighted by Crippen LogP contribution is 2.46. The number of imidazole rings is 1. The summed E-state index contributed by atoms with van der Waals surface area (Å²) in [5.74, 6) is 2.81. The number of amides is 2. The number of amidine groups is 4. The molecule has 0 spiro atoms. The molecule has 31 heteroatoms. The zero-order chi connectivity index (χ0) is 91.3. The maximum Gasteiger partial charge on any atom is 0.237 e. The second-order valence-corrected chi connectivity index (χ2v) is 32.0. The lowest BCUT2D eigenvalue weighted by Crippen LogP contribution is -2.40. The summed E-state index contributed by atoms with van der Waals surface area (Å²) < 4.78 is 45.1. The molecule has 5 saturated heterocycles. The van der Waals surface area contributed by atoms with Crippen LogP contribution in [-0.4, -0.2) is 184 Å². The number of benzene rings is 8. The molecular weight excluding hydrogens is 1660 g/mol. The van der Waals surface area contributed by atoms with Crippen molar-refractivity contribution in [3.05, 3.63) is 280 Å². The zero-order valence-corrected chi connectivity index (χ0v) is 72.9. The molecule has 6 atom stereocenters. The van der Waals surface area contributed by atoms with E-state index in [1.807, 2.05) is 120 Å². The van der Waals surface area contributed by atoms with Gasteiger partial charge < -0.3 is 93.5 Å². The molecule has 19 rings (SSSR count). The number of hydrogen-bond acceptors (Lipinski definition) is 25. The molecule has 8 aromatic carbocycles. The number of methoxy groups -OCH3 is 8. The van der Waals surface area contributed by atoms with Crippen LogP contribution in [-0.2, 0) is 61.0 Å². The number of carbonyl (C=O) groups excluding carboxylic acids is 6. The molecule has 9 aromatic rings. The highest BCUT2D eigenvalue weighted by Gasteiger charge is 2.51. The predicted octanol–water partition coefficient (Wildman–Crippen LogP) is 12.6. The third kappa shape index (κ3) is 17.1. The number of Topliss-reactive ketones (excluding diaryl/α,β-unsaturated/α-hetero) is 4. The van der Waals surface area contributed by atoms with Gasteiger partial charge in [-0.2, -0.15) is 0 Å². The Morgan fingerprint density at radius 1 is 0.354 bits per heavy atom. The average molecular weight is 1750 g/mol. The van der Waals surface area contributed by atoms with Crippen molar-refractivity contribution >= 4 is 104 Å². The number of likely N-dealkylation sites (tertiary alicyclic amines) is 1. The maximum atomic E-state index is 14.0. The third-order valence-corrected chi connectivity index (χ3v) is 24.6. The summed E-state index contributed by atoms with van der Waals surface area (Å²) in [7, 11) is 12.5. The number of rotatable bonds is 22. The number of aliphatic hydroxyl groups is 2. The number of nitrogens with zero attached hydrogens (tertiary/aromatic N) is 7. The summed E-state index contributed by atoms with van der Waals surface area (Å²) in [5.41, 5.74) is 15.0. The number of ether oxygens (including phenoxy) is 8. The largest absolute Gasteiger partial charge is 0.497 e. The molecule has 10 N–H and O–H groups in total. The van der Waals surface area contributed by atoms with Gasteiger partial charge in [-0.05, 0) is 72.2 Å². The Morgan fingerprint density at radius 2 is 0.608 bits per heavy atom. The van der Waals surface area contributed by atoms with Crippen LogP contribution in [0, 0.1) is 33.5 Å². The highest BCUT2D eigenvalue weighted by atomic mass is 16.5. The molecule has 130 heavy (non-hydrogen) atoms. The first-order valence-corrected chi connectivity index (χ1v) is 42.5. The molecule has 1 aliphatic carbocycles. The average Bonchev–Trinajstić information content (AvgIpc) is 1.61. The van der Waals surface area contributed by atoms with Crippen LogP contribution in [0.3, 0.4) is 0 Å². The number of ketones is 4. The first-order chi connectivity index (χ1) is 63.1. The molecular formula is C99H99N15O16. The summed E-state index contributed by atoms with van der Waals surface area (Å²) >= 11 is 0. The Balaban J connectivity index is 0.000000128. The standard InChI is InChI=1S/C30H28N4O5.C25H25N5O3.2C22H23N3O4/c1-38-19-14-18(15-20(16-19)39-2)34-25(11-12-33-29(36)21-8-4-5-9-22(21)30(33)37)27(35)26(28(34)31)24-13-17-7-3-6-10-23(17)32-24;1-32-18-12-17(13-19(14-18)33-2)30-22(7-9-29-10-8-27-15-29)24(31)23(25(30)26)21-11-16-5-3-4-6-20(16)28-21;2*1-28-15-10-14(11-16(12-15)29-2)25-19(7-8-26)21(27)20(22(25)23)18-9-13-5-3-4-6-17(13)24-18/h3-10,14-16,21-22,25,31-32H,11-13H2,1-2H3;3-6,8,10,12-15,22,26,28H,7,9,11H2,1-2H3;2*3-6,10-12,19,23-24,26H,7-9H2,1-2H3/t;;2*19-/m..10/s1. The first kappa shape index (κ1) is 88.1. The summed E-state index contributed by atoms with van der Waals surface area (Å²) in [6.45, 7) is 0.372. The van der Waals surface area contributed by atoms with E-state index >= 15 is 0 Å². The van der Waals surface area contributed by atoms with Crippen molar-refractivity contribution in [1.82, 2.24) is 14.5 Å². The van der Waals surface area contributed by atoms with E-state index in [1.54, 1.807) is 160 Å². The van der Waals surface area contributed by atoms with E-state index in [9.17, 15) is 39.0 Å². The molecule has 0 bridgehead atoms. The number of imide groups is 1. The highest BCUT2D eigenvalue weighted by molar-refractivity contribution is 6.38. The topological polar surface area (TPSA) is 394 Å². The normalized spacial score (nSPS) is 21.8. The SMILES string of the molecule is COc1cc(OC)cc(N2C(=N)C(=C3Cc4ccccc4N3)C(=O)C2CCN2C(=O)C3C=CC=CC3C2=O)c1.COc1cc(OC)cc(N2C(=N)C(=C3Cc4ccccc4N3)C(=O)C2CCn2ccnc2)c1.COc1cc(OC)cc(N2C(=N)C(=C3Cc4ccccc4N3)C(=O)[C@@H]2CCO)c1.COc1cc(OC)cc(N2C(=N)C(=C3Cc4ccccc4N3)C(=O)[C@H]2CCO)c1. The van der Waals surface area contributed by atoms with Crippen molar-refractivity contribution < 1.29 is 76.9 Å². The lowest BCUT2D eigenvalue weighted by Gasteiger charge is -2.27. The quantitative estimate of drug-likeness (QED) is 0.0222. The summed E-state index contributed by atoms with van der Waals surface area (Å²) in [5, 5.41) is 68.2. The van der Waals surface area contributed by atoms with Crippen LogP contribution in [0.25, 0.3) is 0 Å². The van der Waals surface area contributed by atoms with Crippen LogP contribution in [0.2, 0.25) is 0 Å². The number of para-hydroxylation sites is 4. The number of anilines is 8. The molecule has 1 aromatic heterocycles. The van der Waals surface area contributed by atoms with E-state index in [4.69, 9.17) is 59.5 Å². The minimum Gasteiger partial charge on any atom is -0.497 e. The van der Waals surface area contributed by atoms with Gasteiger partial charge in [0.2, 0.25) is 11.8 Å². The Kier molecular flexibility index (Phi) is 25.8. The fraction of sp³-hybridized carbons (Fsp3) is 0.263. The number of hydrogen-bond donors (Lipinski definition) is 10. The monoisotopic (exact) mass is 1750 g/mol. The van der Waals surface area contributed by atoms with Crippen molar-refractivity contribution in [1.29, 1.82) is 21.6 Å². The van der Waals surface area contributed by atoms with E-state index in [2.05, 4.69) is 26.3 Å². The number of fused-ring (bicyclic) bond motifs is 5. The fourth-order valence-electron chi connectivity index (χ4n) is 18.2. The third-order valence-electron chi connectivity index (χ3n) is 24.6. The Morgan fingerprint density at radius 3 is 0.846 bits per heavy atom. The smallest absolute Gasteiger partial charge is 0.237 e. The molecule has 0 radical (unpaired) electrons.